The van der Waals surface area contributed by atoms with Gasteiger partial charge < -0.3 is 15.2 Å². The van der Waals surface area contributed by atoms with Crippen LogP contribution in [0.5, 0.6) is 5.75 Å². The number of nitrogens with one attached hydrogen (secondary N) is 1. The monoisotopic (exact) mass is 447 g/mol. The van der Waals surface area contributed by atoms with Gasteiger partial charge in [0.25, 0.3) is 0 Å². The molecular formula is C24H21N3O4S. The predicted octanol–water partition coefficient (Wildman–Crippen LogP) is 4.84. The van der Waals surface area contributed by atoms with Gasteiger partial charge >= 0.3 is 5.97 Å². The van der Waals surface area contributed by atoms with Crippen molar-refractivity contribution in [2.75, 3.05) is 12.4 Å². The van der Waals surface area contributed by atoms with E-state index in [1.807, 2.05) is 31.2 Å². The number of carboxylic acid groups (broad SMARTS) is 1. The van der Waals surface area contributed by atoms with Crippen LogP contribution in [0.3, 0.4) is 0 Å². The van der Waals surface area contributed by atoms with Crippen LogP contribution in [0.1, 0.15) is 29.3 Å². The number of hydrogen-bond donors (Lipinski definition) is 2. The van der Waals surface area contributed by atoms with Crippen LogP contribution in [-0.4, -0.2) is 34.3 Å². The number of carbonyl (C=O) groups excluding carboxylic acids is 1. The van der Waals surface area contributed by atoms with Crippen molar-refractivity contribution in [2.24, 2.45) is 0 Å². The van der Waals surface area contributed by atoms with E-state index in [0.717, 1.165) is 11.3 Å². The maximum Gasteiger partial charge on any atom is 0.335 e. The second-order valence-corrected chi connectivity index (χ2v) is 7.97. The zero-order valence-corrected chi connectivity index (χ0v) is 18.3. The third kappa shape index (κ3) is 5.45. The first-order valence-corrected chi connectivity index (χ1v) is 10.7. The lowest BCUT2D eigenvalue weighted by Gasteiger charge is -2.16. The number of ether oxygens (including phenoxy) is 1. The minimum atomic E-state index is -1.07. The summed E-state index contributed by atoms with van der Waals surface area (Å²) in [6.07, 6.45) is 0.494. The minimum absolute atomic E-state index is 0.0872. The maximum atomic E-state index is 12.9. The van der Waals surface area contributed by atoms with Crippen molar-refractivity contribution in [3.05, 3.63) is 71.8 Å². The summed E-state index contributed by atoms with van der Waals surface area (Å²) in [5.41, 5.74) is 2.41. The van der Waals surface area contributed by atoms with Crippen LogP contribution in [0.15, 0.2) is 65.7 Å². The molecule has 0 aliphatic heterocycles. The molecule has 32 heavy (non-hydrogen) atoms. The van der Waals surface area contributed by atoms with Crippen molar-refractivity contribution >= 4 is 29.3 Å². The zero-order chi connectivity index (χ0) is 23.1. The Bertz CT molecular complexity index is 1170. The number of rotatable bonds is 8. The van der Waals surface area contributed by atoms with E-state index in [2.05, 4.69) is 16.4 Å². The predicted molar refractivity (Wildman–Crippen MR) is 123 cm³/mol. The van der Waals surface area contributed by atoms with Gasteiger partial charge in [0.15, 0.2) is 0 Å². The largest absolute Gasteiger partial charge is 0.497 e. The van der Waals surface area contributed by atoms with Gasteiger partial charge in [-0.05, 0) is 61.0 Å². The molecule has 3 rings (SSSR count). The highest BCUT2D eigenvalue weighted by atomic mass is 32.2. The lowest BCUT2D eigenvalue weighted by molar-refractivity contribution is -0.115. The number of aromatic nitrogens is 1. The quantitative estimate of drug-likeness (QED) is 0.475. The number of carbonyl (C=O) groups is 2. The van der Waals surface area contributed by atoms with E-state index in [0.29, 0.717) is 28.4 Å². The molecule has 1 heterocycles. The van der Waals surface area contributed by atoms with Gasteiger partial charge in [-0.25, -0.2) is 9.78 Å². The summed E-state index contributed by atoms with van der Waals surface area (Å²) in [6.45, 7) is 1.87. The number of nitrogens with zero attached hydrogens (tertiary/aromatic N) is 2. The topological polar surface area (TPSA) is 112 Å². The standard InChI is InChI=1S/C24H21N3O4S/c1-3-21(22(28)26-18-6-4-5-16(13-18)24(29)30)32-23-17(14-25)9-12-20(27-23)15-7-10-19(31-2)11-8-15/h4-13,21H,3H2,1-2H3,(H,26,28)(H,29,30). The Morgan fingerprint density at radius 2 is 1.94 bits per heavy atom. The normalized spacial score (nSPS) is 11.3. The van der Waals surface area contributed by atoms with Gasteiger partial charge in [-0.1, -0.05) is 24.8 Å². The SMILES string of the molecule is CCC(Sc1nc(-c2ccc(OC)cc2)ccc1C#N)C(=O)Nc1cccc(C(=O)O)c1. The van der Waals surface area contributed by atoms with E-state index in [1.165, 1.54) is 23.9 Å². The molecule has 8 heteroatoms. The van der Waals surface area contributed by atoms with Crippen molar-refractivity contribution in [3.63, 3.8) is 0 Å². The highest BCUT2D eigenvalue weighted by Gasteiger charge is 2.21. The van der Waals surface area contributed by atoms with Gasteiger partial charge in [0, 0.05) is 11.3 Å². The molecule has 0 fully saturated rings. The van der Waals surface area contributed by atoms with E-state index in [4.69, 9.17) is 9.84 Å². The molecule has 0 spiro atoms. The Hall–Kier alpha value is -3.83. The van der Waals surface area contributed by atoms with Crippen LogP contribution in [0.2, 0.25) is 0 Å². The smallest absolute Gasteiger partial charge is 0.335 e. The fourth-order valence-electron chi connectivity index (χ4n) is 2.95. The van der Waals surface area contributed by atoms with Crippen LogP contribution >= 0.6 is 11.8 Å². The fraction of sp³-hybridized carbons (Fsp3) is 0.167. The molecule has 1 amide bonds. The second-order valence-electron chi connectivity index (χ2n) is 6.78. The Kier molecular flexibility index (Phi) is 7.47. The van der Waals surface area contributed by atoms with Crippen molar-refractivity contribution < 1.29 is 19.4 Å². The number of carboxylic acids is 1. The maximum absolute atomic E-state index is 12.9. The lowest BCUT2D eigenvalue weighted by Crippen LogP contribution is -2.25. The van der Waals surface area contributed by atoms with Crippen molar-refractivity contribution in [1.29, 1.82) is 5.26 Å². The highest BCUT2D eigenvalue weighted by Crippen LogP contribution is 2.31. The number of pyridine rings is 1. The van der Waals surface area contributed by atoms with E-state index >= 15 is 0 Å². The minimum Gasteiger partial charge on any atom is -0.497 e. The Labute approximate surface area is 190 Å². The van der Waals surface area contributed by atoms with Gasteiger partial charge in [-0.15, -0.1) is 0 Å². The van der Waals surface area contributed by atoms with Crippen LogP contribution < -0.4 is 10.1 Å². The Morgan fingerprint density at radius 3 is 2.56 bits per heavy atom. The fourth-order valence-corrected chi connectivity index (χ4v) is 3.94. The third-order valence-corrected chi connectivity index (χ3v) is 6.03. The first-order chi connectivity index (χ1) is 15.4. The summed E-state index contributed by atoms with van der Waals surface area (Å²) in [5, 5.41) is 21.4. The van der Waals surface area contributed by atoms with E-state index in [9.17, 15) is 14.9 Å². The van der Waals surface area contributed by atoms with Crippen LogP contribution in [0.25, 0.3) is 11.3 Å². The molecule has 1 atom stereocenters. The first-order valence-electron chi connectivity index (χ1n) is 9.81. The molecule has 0 saturated carbocycles. The molecule has 2 aromatic carbocycles. The molecule has 3 aromatic rings. The number of methoxy groups -OCH3 is 1. The van der Waals surface area contributed by atoms with E-state index < -0.39 is 11.2 Å². The summed E-state index contributed by atoms with van der Waals surface area (Å²) < 4.78 is 5.18. The van der Waals surface area contributed by atoms with Crippen molar-refractivity contribution in [1.82, 2.24) is 4.98 Å². The Morgan fingerprint density at radius 1 is 1.19 bits per heavy atom. The van der Waals surface area contributed by atoms with Gasteiger partial charge in [0.2, 0.25) is 5.91 Å². The zero-order valence-electron chi connectivity index (χ0n) is 17.5. The van der Waals surface area contributed by atoms with E-state index in [-0.39, 0.29) is 11.5 Å². The molecule has 0 radical (unpaired) electrons. The number of hydrogen-bond acceptors (Lipinski definition) is 6. The molecule has 1 unspecified atom stereocenters. The number of thioether (sulfide) groups is 1. The molecule has 162 valence electrons. The summed E-state index contributed by atoms with van der Waals surface area (Å²) in [5.74, 6) is -0.631. The van der Waals surface area contributed by atoms with Gasteiger partial charge in [0.1, 0.15) is 16.8 Å². The molecule has 7 nitrogen and oxygen atoms in total. The molecule has 0 saturated heterocycles. The number of amides is 1. The van der Waals surface area contributed by atoms with E-state index in [1.54, 1.807) is 31.4 Å². The summed E-state index contributed by atoms with van der Waals surface area (Å²) in [4.78, 5) is 28.6. The molecule has 0 aliphatic carbocycles. The van der Waals surface area contributed by atoms with Crippen LogP contribution in [-0.2, 0) is 4.79 Å². The van der Waals surface area contributed by atoms with Gasteiger partial charge in [-0.3, -0.25) is 4.79 Å². The number of nitriles is 1. The molecule has 0 aliphatic rings. The van der Waals surface area contributed by atoms with Gasteiger partial charge in [-0.2, -0.15) is 5.26 Å². The average molecular weight is 448 g/mol. The van der Waals surface area contributed by atoms with Crippen molar-refractivity contribution in [3.8, 4) is 23.1 Å². The molecular weight excluding hydrogens is 426 g/mol. The Balaban J connectivity index is 1.82. The van der Waals surface area contributed by atoms with Crippen LogP contribution in [0.4, 0.5) is 5.69 Å². The molecule has 1 aromatic heterocycles. The lowest BCUT2D eigenvalue weighted by atomic mass is 10.1. The summed E-state index contributed by atoms with van der Waals surface area (Å²) in [6, 6.07) is 19.1. The number of anilines is 1. The van der Waals surface area contributed by atoms with Gasteiger partial charge in [0.05, 0.1) is 29.2 Å². The highest BCUT2D eigenvalue weighted by molar-refractivity contribution is 8.00. The second kappa shape index (κ2) is 10.5. The van der Waals surface area contributed by atoms with Crippen LogP contribution in [0, 0.1) is 11.3 Å². The first kappa shape index (κ1) is 22.8. The third-order valence-electron chi connectivity index (χ3n) is 4.66. The summed E-state index contributed by atoms with van der Waals surface area (Å²) in [7, 11) is 1.59. The number of benzene rings is 2. The summed E-state index contributed by atoms with van der Waals surface area (Å²) >= 11 is 1.21. The molecule has 2 N–H and O–H groups in total. The average Bonchev–Trinajstić information content (AvgIpc) is 2.82. The molecule has 0 bridgehead atoms. The number of aromatic carboxylic acids is 1. The van der Waals surface area contributed by atoms with Crippen molar-refractivity contribution in [2.45, 2.75) is 23.6 Å².